The molecular weight excluding hydrogens is 508 g/mol. The van der Waals surface area contributed by atoms with Gasteiger partial charge in [-0.2, -0.15) is 0 Å². The van der Waals surface area contributed by atoms with Crippen molar-refractivity contribution in [2.45, 2.75) is 30.8 Å². The number of aromatic nitrogens is 3. The number of carbonyl (C=O) groups excluding carboxylic acids is 1. The predicted molar refractivity (Wildman–Crippen MR) is 148 cm³/mol. The van der Waals surface area contributed by atoms with Crippen LogP contribution in [0.3, 0.4) is 0 Å². The zero-order valence-corrected chi connectivity index (χ0v) is 22.1. The molecule has 38 heavy (non-hydrogen) atoms. The number of hydrogen-bond donors (Lipinski definition) is 4. The average molecular weight is 538 g/mol. The molecule has 0 radical (unpaired) electrons. The molecule has 1 aliphatic heterocycles. The first-order valence-corrected chi connectivity index (χ1v) is 13.6. The van der Waals surface area contributed by atoms with E-state index in [0.29, 0.717) is 33.1 Å². The van der Waals surface area contributed by atoms with Gasteiger partial charge in [-0.25, -0.2) is 18.7 Å². The Hall–Kier alpha value is -3.54. The van der Waals surface area contributed by atoms with Gasteiger partial charge in [-0.05, 0) is 38.3 Å². The molecule has 1 fully saturated rings. The van der Waals surface area contributed by atoms with Crippen LogP contribution >= 0.6 is 11.8 Å². The summed E-state index contributed by atoms with van der Waals surface area (Å²) in [5.41, 5.74) is 2.01. The average Bonchev–Trinajstić information content (AvgIpc) is 3.35. The number of benzene rings is 2. The molecule has 3 heterocycles. The number of anilines is 3. The quantitative estimate of drug-likeness (QED) is 0.247. The molecule has 2 aromatic heterocycles. The molecule has 198 valence electrons. The summed E-state index contributed by atoms with van der Waals surface area (Å²) in [6.07, 6.45) is 4.49. The van der Waals surface area contributed by atoms with Gasteiger partial charge in [0.1, 0.15) is 5.69 Å². The number of rotatable bonds is 7. The number of amides is 1. The predicted octanol–water partition coefficient (Wildman–Crippen LogP) is 4.99. The maximum absolute atomic E-state index is 14.9. The van der Waals surface area contributed by atoms with Crippen LogP contribution in [0.2, 0.25) is 0 Å². The van der Waals surface area contributed by atoms with Crippen molar-refractivity contribution in [2.24, 2.45) is 0 Å². The van der Waals surface area contributed by atoms with Crippen LogP contribution in [0, 0.1) is 11.6 Å². The number of aromatic amines is 1. The van der Waals surface area contributed by atoms with Crippen LogP contribution in [-0.2, 0) is 4.79 Å². The van der Waals surface area contributed by atoms with Crippen molar-refractivity contribution in [1.29, 1.82) is 0 Å². The molecule has 0 aliphatic carbocycles. The molecule has 1 aliphatic rings. The van der Waals surface area contributed by atoms with Gasteiger partial charge < -0.3 is 20.9 Å². The van der Waals surface area contributed by atoms with Gasteiger partial charge in [-0.15, -0.1) is 11.8 Å². The minimum Gasteiger partial charge on any atom is -0.359 e. The van der Waals surface area contributed by atoms with Crippen LogP contribution in [0.4, 0.5) is 26.1 Å². The van der Waals surface area contributed by atoms with E-state index in [1.807, 2.05) is 13.0 Å². The molecule has 11 heteroatoms. The van der Waals surface area contributed by atoms with Crippen LogP contribution in [0.1, 0.15) is 13.8 Å². The second kappa shape index (κ2) is 11.1. The maximum atomic E-state index is 14.9. The lowest BCUT2D eigenvalue weighted by atomic mass is 10.1. The number of thioether (sulfide) groups is 1. The zero-order chi connectivity index (χ0) is 26.8. The Balaban J connectivity index is 1.42. The normalized spacial score (nSPS) is 16.9. The SMILES string of the molecule is CSc1cccc(Nc2ncc(F)c(-c3c[nH]c4c(NC(=O)C(C)N5CCNC(C)C5)cccc34)n2)c1F. The summed E-state index contributed by atoms with van der Waals surface area (Å²) in [6, 6.07) is 10.4. The second-order valence-electron chi connectivity index (χ2n) is 9.28. The third-order valence-electron chi connectivity index (χ3n) is 6.73. The zero-order valence-electron chi connectivity index (χ0n) is 21.3. The molecule has 4 N–H and O–H groups in total. The molecule has 4 aromatic rings. The van der Waals surface area contributed by atoms with Crippen molar-refractivity contribution in [3.05, 3.63) is 60.4 Å². The van der Waals surface area contributed by atoms with Crippen LogP contribution in [0.5, 0.6) is 0 Å². The van der Waals surface area contributed by atoms with Crippen molar-refractivity contribution in [2.75, 3.05) is 36.5 Å². The third kappa shape index (κ3) is 5.22. The van der Waals surface area contributed by atoms with E-state index >= 15 is 0 Å². The fraction of sp³-hybridized carbons (Fsp3) is 0.296. The Bertz CT molecular complexity index is 1480. The van der Waals surface area contributed by atoms with Crippen LogP contribution < -0.4 is 16.0 Å². The highest BCUT2D eigenvalue weighted by Crippen LogP contribution is 2.34. The number of carbonyl (C=O) groups is 1. The molecule has 0 saturated carbocycles. The Labute approximate surface area is 223 Å². The minimum atomic E-state index is -0.620. The minimum absolute atomic E-state index is 0.0572. The Morgan fingerprint density at radius 1 is 1.21 bits per heavy atom. The van der Waals surface area contributed by atoms with Gasteiger partial charge >= 0.3 is 0 Å². The molecule has 2 unspecified atom stereocenters. The van der Waals surface area contributed by atoms with E-state index in [0.717, 1.165) is 25.8 Å². The van der Waals surface area contributed by atoms with Crippen LogP contribution in [0.25, 0.3) is 22.2 Å². The van der Waals surface area contributed by atoms with Crippen molar-refractivity contribution in [3.8, 4) is 11.3 Å². The van der Waals surface area contributed by atoms with Gasteiger partial charge in [0.15, 0.2) is 11.6 Å². The molecular formula is C27H29F2N7OS. The summed E-state index contributed by atoms with van der Waals surface area (Å²) in [7, 11) is 0. The number of para-hydroxylation sites is 1. The molecule has 1 saturated heterocycles. The summed E-state index contributed by atoms with van der Waals surface area (Å²) in [5, 5.41) is 9.95. The lowest BCUT2D eigenvalue weighted by Crippen LogP contribution is -2.54. The van der Waals surface area contributed by atoms with E-state index in [2.05, 4.69) is 42.7 Å². The summed E-state index contributed by atoms with van der Waals surface area (Å²) in [5.74, 6) is -1.09. The number of hydrogen-bond acceptors (Lipinski definition) is 7. The van der Waals surface area contributed by atoms with E-state index in [-0.39, 0.29) is 29.3 Å². The van der Waals surface area contributed by atoms with Gasteiger partial charge in [-0.3, -0.25) is 9.69 Å². The van der Waals surface area contributed by atoms with Crippen molar-refractivity contribution >= 4 is 45.9 Å². The smallest absolute Gasteiger partial charge is 0.241 e. The first-order chi connectivity index (χ1) is 18.4. The lowest BCUT2D eigenvalue weighted by molar-refractivity contribution is -0.121. The summed E-state index contributed by atoms with van der Waals surface area (Å²) < 4.78 is 29.6. The van der Waals surface area contributed by atoms with Gasteiger partial charge in [0.2, 0.25) is 11.9 Å². The van der Waals surface area contributed by atoms with Gasteiger partial charge in [0.25, 0.3) is 0 Å². The lowest BCUT2D eigenvalue weighted by Gasteiger charge is -2.35. The van der Waals surface area contributed by atoms with E-state index in [4.69, 9.17) is 0 Å². The third-order valence-corrected chi connectivity index (χ3v) is 7.48. The maximum Gasteiger partial charge on any atom is 0.241 e. The number of fused-ring (bicyclic) bond motifs is 1. The summed E-state index contributed by atoms with van der Waals surface area (Å²) in [6.45, 7) is 6.43. The second-order valence-corrected chi connectivity index (χ2v) is 10.1. The van der Waals surface area contributed by atoms with Crippen LogP contribution in [-0.4, -0.2) is 63.7 Å². The molecule has 2 atom stereocenters. The summed E-state index contributed by atoms with van der Waals surface area (Å²) >= 11 is 1.28. The van der Waals surface area contributed by atoms with Gasteiger partial charge in [0, 0.05) is 47.7 Å². The van der Waals surface area contributed by atoms with E-state index in [1.165, 1.54) is 11.8 Å². The van der Waals surface area contributed by atoms with Crippen molar-refractivity contribution < 1.29 is 13.6 Å². The topological polar surface area (TPSA) is 98.0 Å². The monoisotopic (exact) mass is 537 g/mol. The number of nitrogens with one attached hydrogen (secondary N) is 4. The van der Waals surface area contributed by atoms with Crippen LogP contribution in [0.15, 0.2) is 53.7 Å². The highest BCUT2D eigenvalue weighted by Gasteiger charge is 2.26. The molecule has 0 spiro atoms. The first kappa shape index (κ1) is 26.1. The highest BCUT2D eigenvalue weighted by atomic mass is 32.2. The molecule has 2 aromatic carbocycles. The van der Waals surface area contributed by atoms with E-state index < -0.39 is 11.6 Å². The van der Waals surface area contributed by atoms with Gasteiger partial charge in [0.05, 0.1) is 29.1 Å². The van der Waals surface area contributed by atoms with E-state index in [9.17, 15) is 13.6 Å². The number of H-pyrrole nitrogens is 1. The van der Waals surface area contributed by atoms with Crippen molar-refractivity contribution in [1.82, 2.24) is 25.2 Å². The number of piperazine rings is 1. The highest BCUT2D eigenvalue weighted by molar-refractivity contribution is 7.98. The fourth-order valence-corrected chi connectivity index (χ4v) is 5.18. The van der Waals surface area contributed by atoms with Crippen molar-refractivity contribution in [3.63, 3.8) is 0 Å². The fourth-order valence-electron chi connectivity index (χ4n) is 4.67. The molecule has 1 amide bonds. The van der Waals surface area contributed by atoms with E-state index in [1.54, 1.807) is 42.8 Å². The first-order valence-electron chi connectivity index (χ1n) is 12.4. The Morgan fingerprint density at radius 2 is 2.00 bits per heavy atom. The van der Waals surface area contributed by atoms with Gasteiger partial charge in [-0.1, -0.05) is 18.2 Å². The molecule has 5 rings (SSSR count). The molecule has 0 bridgehead atoms. The standard InChI is InChI=1S/C27H29F2N7OS/c1-15-14-36(11-10-30-15)16(2)26(37)33-21-8-4-6-17-18(12-31-25(17)21)24-19(28)13-32-27(35-24)34-20-7-5-9-22(38-3)23(20)29/h4-9,12-13,15-16,30-31H,10-11,14H2,1-3H3,(H,33,37)(H,32,34,35). The largest absolute Gasteiger partial charge is 0.359 e. The summed E-state index contributed by atoms with van der Waals surface area (Å²) in [4.78, 5) is 27.2. The Morgan fingerprint density at radius 3 is 2.79 bits per heavy atom. The molecule has 8 nitrogen and oxygen atoms in total. The number of nitrogens with zero attached hydrogens (tertiary/aromatic N) is 3. The Kier molecular flexibility index (Phi) is 7.59. The number of halogens is 2.